The van der Waals surface area contributed by atoms with E-state index in [1.54, 1.807) is 24.3 Å². The molecule has 0 amide bonds. The summed E-state index contributed by atoms with van der Waals surface area (Å²) < 4.78 is 31.3. The molecule has 0 aliphatic carbocycles. The summed E-state index contributed by atoms with van der Waals surface area (Å²) in [5.41, 5.74) is 0.520. The predicted molar refractivity (Wildman–Crippen MR) is 77.3 cm³/mol. The smallest absolute Gasteiger partial charge is 0.188 e. The summed E-state index contributed by atoms with van der Waals surface area (Å²) in [5.74, 6) is -1.64. The third kappa shape index (κ3) is 4.00. The molecule has 0 aliphatic rings. The van der Waals surface area contributed by atoms with Crippen LogP contribution in [-0.2, 0) is 0 Å². The van der Waals surface area contributed by atoms with Gasteiger partial charge < -0.3 is 4.74 Å². The van der Waals surface area contributed by atoms with E-state index in [1.807, 2.05) is 6.07 Å². The van der Waals surface area contributed by atoms with E-state index in [9.17, 15) is 13.6 Å². The van der Waals surface area contributed by atoms with Crippen molar-refractivity contribution in [1.29, 1.82) is 5.26 Å². The molecule has 2 aromatic rings. The molecule has 0 aliphatic heterocycles. The number of halogens is 2. The van der Waals surface area contributed by atoms with Gasteiger partial charge in [0.1, 0.15) is 23.5 Å². The molecule has 0 unspecified atom stereocenters. The first kappa shape index (κ1) is 15.4. The highest BCUT2D eigenvalue weighted by Gasteiger charge is 2.09. The van der Waals surface area contributed by atoms with Crippen LogP contribution in [0.5, 0.6) is 5.75 Å². The van der Waals surface area contributed by atoms with E-state index in [-0.39, 0.29) is 12.2 Å². The zero-order valence-corrected chi connectivity index (χ0v) is 11.4. The summed E-state index contributed by atoms with van der Waals surface area (Å²) in [7, 11) is 0. The van der Waals surface area contributed by atoms with Gasteiger partial charge in [0.15, 0.2) is 12.4 Å². The lowest BCUT2D eigenvalue weighted by molar-refractivity contribution is 0.104. The molecule has 0 saturated heterocycles. The van der Waals surface area contributed by atoms with Crippen molar-refractivity contribution in [2.24, 2.45) is 0 Å². The first-order valence-electron chi connectivity index (χ1n) is 6.37. The first-order valence-corrected chi connectivity index (χ1v) is 6.37. The Morgan fingerprint density at radius 2 is 1.91 bits per heavy atom. The van der Waals surface area contributed by atoms with Crippen molar-refractivity contribution >= 4 is 11.9 Å². The third-order valence-corrected chi connectivity index (χ3v) is 2.81. The number of ether oxygens (including phenoxy) is 1. The van der Waals surface area contributed by atoms with Gasteiger partial charge in [-0.3, -0.25) is 4.79 Å². The number of allylic oxidation sites excluding steroid dienone is 1. The monoisotopic (exact) mass is 299 g/mol. The number of hydrogen-bond donors (Lipinski definition) is 0. The standard InChI is InChI=1S/C17H11F2NO2/c18-13-4-7-15(16(19)11-13)17(21)8-3-12-1-5-14(6-2-12)22-10-9-20/h1-8,11H,10H2/b8-3+. The van der Waals surface area contributed by atoms with Crippen LogP contribution in [0.2, 0.25) is 0 Å². The van der Waals surface area contributed by atoms with Crippen molar-refractivity contribution < 1.29 is 18.3 Å². The minimum absolute atomic E-state index is 0.0441. The minimum atomic E-state index is -0.894. The number of carbonyl (C=O) groups excluding carboxylic acids is 1. The maximum absolute atomic E-state index is 13.5. The highest BCUT2D eigenvalue weighted by molar-refractivity contribution is 6.06. The molecule has 0 heterocycles. The first-order chi connectivity index (χ1) is 10.6. The molecule has 0 fully saturated rings. The fourth-order valence-corrected chi connectivity index (χ4v) is 1.74. The van der Waals surface area contributed by atoms with Crippen LogP contribution in [-0.4, -0.2) is 12.4 Å². The summed E-state index contributed by atoms with van der Waals surface area (Å²) in [6, 6.07) is 11.4. The van der Waals surface area contributed by atoms with Crippen LogP contribution in [0.3, 0.4) is 0 Å². The van der Waals surface area contributed by atoms with Crippen LogP contribution < -0.4 is 4.74 Å². The Kier molecular flexibility index (Phi) is 4.99. The van der Waals surface area contributed by atoms with Crippen molar-refractivity contribution in [2.45, 2.75) is 0 Å². The zero-order valence-electron chi connectivity index (χ0n) is 11.4. The predicted octanol–water partition coefficient (Wildman–Crippen LogP) is 3.76. The summed E-state index contributed by atoms with van der Waals surface area (Å²) in [6.45, 7) is -0.0441. The number of hydrogen-bond acceptors (Lipinski definition) is 3. The Morgan fingerprint density at radius 1 is 1.18 bits per heavy atom. The zero-order chi connectivity index (χ0) is 15.9. The Bertz CT molecular complexity index is 746. The average Bonchev–Trinajstić information content (AvgIpc) is 2.51. The molecular formula is C17H11F2NO2. The van der Waals surface area contributed by atoms with Crippen LogP contribution >= 0.6 is 0 Å². The molecule has 5 heteroatoms. The van der Waals surface area contributed by atoms with Crippen LogP contribution in [0.25, 0.3) is 6.08 Å². The second kappa shape index (κ2) is 7.14. The lowest BCUT2D eigenvalue weighted by atomic mass is 10.1. The molecule has 0 radical (unpaired) electrons. The van der Waals surface area contributed by atoms with Crippen molar-refractivity contribution in [3.05, 3.63) is 71.3 Å². The van der Waals surface area contributed by atoms with Crippen LogP contribution in [0.1, 0.15) is 15.9 Å². The Morgan fingerprint density at radius 3 is 2.55 bits per heavy atom. The van der Waals surface area contributed by atoms with Crippen LogP contribution in [0.15, 0.2) is 48.5 Å². The van der Waals surface area contributed by atoms with Gasteiger partial charge in [-0.15, -0.1) is 0 Å². The molecule has 110 valence electrons. The Labute approximate surface area is 126 Å². The summed E-state index contributed by atoms with van der Waals surface area (Å²) in [5, 5.41) is 8.40. The van der Waals surface area contributed by atoms with E-state index >= 15 is 0 Å². The molecule has 22 heavy (non-hydrogen) atoms. The largest absolute Gasteiger partial charge is 0.479 e. The number of nitrogens with zero attached hydrogens (tertiary/aromatic N) is 1. The number of nitriles is 1. The minimum Gasteiger partial charge on any atom is -0.479 e. The van der Waals surface area contributed by atoms with Crippen LogP contribution in [0.4, 0.5) is 8.78 Å². The molecule has 3 nitrogen and oxygen atoms in total. The van der Waals surface area contributed by atoms with Gasteiger partial charge >= 0.3 is 0 Å². The van der Waals surface area contributed by atoms with E-state index in [4.69, 9.17) is 10.00 Å². The van der Waals surface area contributed by atoms with Gasteiger partial charge in [0.25, 0.3) is 0 Å². The van der Waals surface area contributed by atoms with Gasteiger partial charge in [0, 0.05) is 6.07 Å². The van der Waals surface area contributed by atoms with Gasteiger partial charge in [-0.2, -0.15) is 5.26 Å². The maximum Gasteiger partial charge on any atom is 0.188 e. The second-order valence-corrected chi connectivity index (χ2v) is 4.34. The van der Waals surface area contributed by atoms with Gasteiger partial charge in [-0.25, -0.2) is 8.78 Å². The van der Waals surface area contributed by atoms with E-state index in [0.29, 0.717) is 17.4 Å². The van der Waals surface area contributed by atoms with E-state index in [2.05, 4.69) is 0 Å². The number of carbonyl (C=O) groups is 1. The molecule has 0 saturated carbocycles. The maximum atomic E-state index is 13.5. The summed E-state index contributed by atoms with van der Waals surface area (Å²) >= 11 is 0. The van der Waals surface area contributed by atoms with Gasteiger partial charge in [0.05, 0.1) is 5.56 Å². The highest BCUT2D eigenvalue weighted by atomic mass is 19.1. The SMILES string of the molecule is N#CCOc1ccc(/C=C/C(=O)c2ccc(F)cc2F)cc1. The van der Waals surface area contributed by atoms with E-state index in [0.717, 1.165) is 12.1 Å². The van der Waals surface area contributed by atoms with Gasteiger partial charge in [-0.05, 0) is 35.9 Å². The normalized spacial score (nSPS) is 10.4. The number of rotatable bonds is 5. The molecular weight excluding hydrogens is 288 g/mol. The lowest BCUT2D eigenvalue weighted by Crippen LogP contribution is -1.99. The Balaban J connectivity index is 2.08. The lowest BCUT2D eigenvalue weighted by Gasteiger charge is -2.01. The molecule has 0 aromatic heterocycles. The molecule has 2 aromatic carbocycles. The second-order valence-electron chi connectivity index (χ2n) is 4.34. The molecule has 2 rings (SSSR count). The topological polar surface area (TPSA) is 50.1 Å². The number of ketones is 1. The van der Waals surface area contributed by atoms with Crippen molar-refractivity contribution in [2.75, 3.05) is 6.61 Å². The summed E-state index contributed by atoms with van der Waals surface area (Å²) in [4.78, 5) is 11.8. The molecule has 0 atom stereocenters. The highest BCUT2D eigenvalue weighted by Crippen LogP contribution is 2.15. The van der Waals surface area contributed by atoms with Gasteiger partial charge in [-0.1, -0.05) is 18.2 Å². The Hall–Kier alpha value is -3.00. The van der Waals surface area contributed by atoms with E-state index < -0.39 is 17.4 Å². The molecule has 0 N–H and O–H groups in total. The van der Waals surface area contributed by atoms with Crippen LogP contribution in [0, 0.1) is 23.0 Å². The molecule has 0 bridgehead atoms. The quantitative estimate of drug-likeness (QED) is 0.624. The van der Waals surface area contributed by atoms with Crippen molar-refractivity contribution in [1.82, 2.24) is 0 Å². The summed E-state index contributed by atoms with van der Waals surface area (Å²) in [6.07, 6.45) is 2.72. The van der Waals surface area contributed by atoms with Gasteiger partial charge in [0.2, 0.25) is 0 Å². The third-order valence-electron chi connectivity index (χ3n) is 2.81. The number of benzene rings is 2. The molecule has 0 spiro atoms. The fraction of sp³-hybridized carbons (Fsp3) is 0.0588. The van der Waals surface area contributed by atoms with Crippen molar-refractivity contribution in [3.8, 4) is 11.8 Å². The average molecular weight is 299 g/mol. The van der Waals surface area contributed by atoms with E-state index in [1.165, 1.54) is 12.2 Å². The van der Waals surface area contributed by atoms with Crippen molar-refractivity contribution in [3.63, 3.8) is 0 Å². The fourth-order valence-electron chi connectivity index (χ4n) is 1.74.